The Morgan fingerprint density at radius 3 is 2.83 bits per heavy atom. The number of ether oxygens (including phenoxy) is 1. The summed E-state index contributed by atoms with van der Waals surface area (Å²) in [5.74, 6) is 2.65. The summed E-state index contributed by atoms with van der Waals surface area (Å²) in [5.41, 5.74) is 2.06. The zero-order valence-electron chi connectivity index (χ0n) is 12.6. The van der Waals surface area contributed by atoms with Gasteiger partial charge in [-0.3, -0.25) is 0 Å². The summed E-state index contributed by atoms with van der Waals surface area (Å²) in [7, 11) is 1.63. The minimum absolute atomic E-state index is 0.268. The maximum atomic E-state index is 6.06. The van der Waals surface area contributed by atoms with Crippen molar-refractivity contribution < 1.29 is 9.26 Å². The van der Waals surface area contributed by atoms with Crippen molar-refractivity contribution in [2.75, 3.05) is 7.11 Å². The number of benzene rings is 2. The normalized spacial score (nSPS) is 19.6. The Bertz CT molecular complexity index is 846. The number of para-hydroxylation sites is 1. The van der Waals surface area contributed by atoms with Crippen LogP contribution in [0, 0.1) is 0 Å². The second-order valence-electron chi connectivity index (χ2n) is 5.66. The zero-order valence-corrected chi connectivity index (χ0v) is 13.3. The summed E-state index contributed by atoms with van der Waals surface area (Å²) < 4.78 is 10.8. The molecule has 116 valence electrons. The van der Waals surface area contributed by atoms with Gasteiger partial charge in [-0.25, -0.2) is 0 Å². The maximum absolute atomic E-state index is 6.06. The Hall–Kier alpha value is -2.33. The Morgan fingerprint density at radius 2 is 2.00 bits per heavy atom. The summed E-state index contributed by atoms with van der Waals surface area (Å²) in [5, 5.41) is 4.87. The van der Waals surface area contributed by atoms with Gasteiger partial charge in [0.15, 0.2) is 0 Å². The van der Waals surface area contributed by atoms with Gasteiger partial charge in [0, 0.05) is 10.9 Å². The van der Waals surface area contributed by atoms with Crippen molar-refractivity contribution in [1.29, 1.82) is 0 Å². The lowest BCUT2D eigenvalue weighted by molar-refractivity contribution is 0.378. The van der Waals surface area contributed by atoms with Crippen LogP contribution in [0.25, 0.3) is 11.4 Å². The van der Waals surface area contributed by atoms with E-state index in [-0.39, 0.29) is 5.92 Å². The second-order valence-corrected chi connectivity index (χ2v) is 6.10. The van der Waals surface area contributed by atoms with E-state index in [2.05, 4.69) is 16.2 Å². The van der Waals surface area contributed by atoms with Crippen LogP contribution in [0.5, 0.6) is 5.75 Å². The van der Waals surface area contributed by atoms with Crippen LogP contribution in [0.15, 0.2) is 53.1 Å². The first kappa shape index (κ1) is 14.3. The molecule has 0 amide bonds. The van der Waals surface area contributed by atoms with Gasteiger partial charge in [-0.1, -0.05) is 41.0 Å². The van der Waals surface area contributed by atoms with Crippen LogP contribution in [0.4, 0.5) is 0 Å². The summed E-state index contributed by atoms with van der Waals surface area (Å²) in [6, 6.07) is 15.6. The molecule has 0 saturated heterocycles. The Labute approximate surface area is 139 Å². The molecule has 1 aliphatic rings. The fraction of sp³-hybridized carbons (Fsp3) is 0.222. The molecule has 2 aromatic carbocycles. The predicted octanol–water partition coefficient (Wildman–Crippen LogP) is 4.67. The first-order valence-corrected chi connectivity index (χ1v) is 7.86. The van der Waals surface area contributed by atoms with E-state index in [0.717, 1.165) is 22.8 Å². The lowest BCUT2D eigenvalue weighted by Gasteiger charge is -2.03. The summed E-state index contributed by atoms with van der Waals surface area (Å²) in [6.07, 6.45) is 1.01. The van der Waals surface area contributed by atoms with Gasteiger partial charge in [-0.2, -0.15) is 4.98 Å². The molecule has 4 nitrogen and oxygen atoms in total. The molecule has 1 aromatic heterocycles. The smallest absolute Gasteiger partial charge is 0.230 e. The fourth-order valence-corrected chi connectivity index (χ4v) is 3.10. The molecule has 0 aliphatic heterocycles. The largest absolute Gasteiger partial charge is 0.496 e. The van der Waals surface area contributed by atoms with Crippen LogP contribution in [0.1, 0.15) is 29.7 Å². The highest BCUT2D eigenvalue weighted by Crippen LogP contribution is 2.54. The van der Waals surface area contributed by atoms with E-state index in [1.54, 1.807) is 7.11 Å². The number of hydrogen-bond donors (Lipinski definition) is 0. The molecule has 0 bridgehead atoms. The molecular weight excluding hydrogens is 312 g/mol. The number of halogens is 1. The van der Waals surface area contributed by atoms with Crippen LogP contribution in [-0.2, 0) is 0 Å². The second kappa shape index (κ2) is 5.70. The van der Waals surface area contributed by atoms with Gasteiger partial charge in [0.25, 0.3) is 0 Å². The van der Waals surface area contributed by atoms with Crippen LogP contribution < -0.4 is 4.74 Å². The lowest BCUT2D eigenvalue weighted by Crippen LogP contribution is -1.89. The average molecular weight is 327 g/mol. The fourth-order valence-electron chi connectivity index (χ4n) is 2.90. The molecule has 4 rings (SSSR count). The highest BCUT2D eigenvalue weighted by Gasteiger charge is 2.43. The van der Waals surface area contributed by atoms with E-state index < -0.39 is 0 Å². The molecule has 0 N–H and O–H groups in total. The lowest BCUT2D eigenvalue weighted by atomic mass is 10.1. The minimum Gasteiger partial charge on any atom is -0.496 e. The van der Waals surface area contributed by atoms with Crippen LogP contribution >= 0.6 is 11.6 Å². The van der Waals surface area contributed by atoms with Crippen molar-refractivity contribution in [3.8, 4) is 17.1 Å². The average Bonchev–Trinajstić information content (AvgIpc) is 3.24. The van der Waals surface area contributed by atoms with Crippen LogP contribution in [0.2, 0.25) is 5.02 Å². The molecule has 0 radical (unpaired) electrons. The SMILES string of the molecule is COc1ccccc1-c1noc([C@@H]2C[C@@H]2c2cccc(Cl)c2)n1. The van der Waals surface area contributed by atoms with Gasteiger partial charge in [0.2, 0.25) is 11.7 Å². The van der Waals surface area contributed by atoms with Gasteiger partial charge in [-0.05, 0) is 42.2 Å². The molecule has 1 heterocycles. The van der Waals surface area contributed by atoms with Crippen LogP contribution in [-0.4, -0.2) is 17.3 Å². The van der Waals surface area contributed by atoms with Crippen molar-refractivity contribution in [2.24, 2.45) is 0 Å². The number of nitrogens with zero attached hydrogens (tertiary/aromatic N) is 2. The molecule has 0 unspecified atom stereocenters. The molecule has 23 heavy (non-hydrogen) atoms. The Balaban J connectivity index is 1.58. The van der Waals surface area contributed by atoms with E-state index in [9.17, 15) is 0 Å². The quantitative estimate of drug-likeness (QED) is 0.699. The predicted molar refractivity (Wildman–Crippen MR) is 87.8 cm³/mol. The van der Waals surface area contributed by atoms with Crippen molar-refractivity contribution in [3.63, 3.8) is 0 Å². The minimum atomic E-state index is 0.268. The third kappa shape index (κ3) is 2.70. The van der Waals surface area contributed by atoms with Crippen LogP contribution in [0.3, 0.4) is 0 Å². The Morgan fingerprint density at radius 1 is 1.13 bits per heavy atom. The summed E-state index contributed by atoms with van der Waals surface area (Å²) >= 11 is 6.06. The first-order chi connectivity index (χ1) is 11.3. The monoisotopic (exact) mass is 326 g/mol. The van der Waals surface area contributed by atoms with Gasteiger partial charge >= 0.3 is 0 Å². The molecule has 1 aliphatic carbocycles. The highest BCUT2D eigenvalue weighted by atomic mass is 35.5. The summed E-state index contributed by atoms with van der Waals surface area (Å²) in [4.78, 5) is 4.56. The number of methoxy groups -OCH3 is 1. The Kier molecular flexibility index (Phi) is 3.54. The van der Waals surface area contributed by atoms with Gasteiger partial charge in [-0.15, -0.1) is 0 Å². The van der Waals surface area contributed by atoms with E-state index in [1.807, 2.05) is 42.5 Å². The topological polar surface area (TPSA) is 48.2 Å². The molecular formula is C18H15ClN2O2. The maximum Gasteiger partial charge on any atom is 0.230 e. The zero-order chi connectivity index (χ0) is 15.8. The van der Waals surface area contributed by atoms with E-state index >= 15 is 0 Å². The molecule has 3 aromatic rings. The van der Waals surface area contributed by atoms with E-state index in [4.69, 9.17) is 20.9 Å². The van der Waals surface area contributed by atoms with Crippen molar-refractivity contribution in [3.05, 3.63) is 65.0 Å². The third-order valence-corrected chi connectivity index (χ3v) is 4.41. The van der Waals surface area contributed by atoms with Gasteiger partial charge in [0.05, 0.1) is 12.7 Å². The number of aromatic nitrogens is 2. The molecule has 0 spiro atoms. The standard InChI is InChI=1S/C18H15ClN2O2/c1-22-16-8-3-2-7-13(16)17-20-18(23-21-17)15-10-14(15)11-5-4-6-12(19)9-11/h2-9,14-15H,10H2,1H3/t14-,15-/m1/s1. The van der Waals surface area contributed by atoms with Crippen molar-refractivity contribution >= 4 is 11.6 Å². The number of rotatable bonds is 4. The third-order valence-electron chi connectivity index (χ3n) is 4.17. The molecule has 1 fully saturated rings. The van der Waals surface area contributed by atoms with Gasteiger partial charge in [0.1, 0.15) is 5.75 Å². The van der Waals surface area contributed by atoms with Crippen molar-refractivity contribution in [2.45, 2.75) is 18.3 Å². The molecule has 2 atom stereocenters. The van der Waals surface area contributed by atoms with Gasteiger partial charge < -0.3 is 9.26 Å². The summed E-state index contributed by atoms with van der Waals surface area (Å²) in [6.45, 7) is 0. The van der Waals surface area contributed by atoms with Crippen molar-refractivity contribution in [1.82, 2.24) is 10.1 Å². The van der Waals surface area contributed by atoms with E-state index in [1.165, 1.54) is 5.56 Å². The molecule has 1 saturated carbocycles. The molecule has 5 heteroatoms. The number of hydrogen-bond acceptors (Lipinski definition) is 4. The van der Waals surface area contributed by atoms with E-state index in [0.29, 0.717) is 17.6 Å². The first-order valence-electron chi connectivity index (χ1n) is 7.48. The highest BCUT2D eigenvalue weighted by molar-refractivity contribution is 6.30.